The molecule has 0 radical (unpaired) electrons. The average Bonchev–Trinajstić information content (AvgIpc) is 3.66. The predicted octanol–water partition coefficient (Wildman–Crippen LogP) is 4.82. The Labute approximate surface area is 203 Å². The van der Waals surface area contributed by atoms with E-state index >= 15 is 0 Å². The Kier molecular flexibility index (Phi) is 8.22. The maximum Gasteiger partial charge on any atom is 0.253 e. The number of nitrogens with zero attached hydrogens (tertiary/aromatic N) is 1. The maximum absolute atomic E-state index is 13.1. The zero-order valence-corrected chi connectivity index (χ0v) is 20.4. The average molecular weight is 464 g/mol. The molecule has 4 rings (SSSR count). The van der Waals surface area contributed by atoms with Crippen molar-refractivity contribution in [3.63, 3.8) is 0 Å². The highest BCUT2D eigenvalue weighted by atomic mass is 16.5. The van der Waals surface area contributed by atoms with Crippen molar-refractivity contribution in [2.45, 2.75) is 45.4 Å². The first-order valence-electron chi connectivity index (χ1n) is 12.7. The molecule has 2 aliphatic rings. The summed E-state index contributed by atoms with van der Waals surface area (Å²) in [4.78, 5) is 28.3. The normalized spacial score (nSPS) is 20.1. The van der Waals surface area contributed by atoms with Crippen LogP contribution in [-0.4, -0.2) is 44.7 Å². The molecular formula is C28H37N3O3. The highest BCUT2D eigenvalue weighted by molar-refractivity contribution is 6.02. The summed E-state index contributed by atoms with van der Waals surface area (Å²) in [7, 11) is 0. The van der Waals surface area contributed by atoms with Gasteiger partial charge in [-0.2, -0.15) is 0 Å². The minimum atomic E-state index is -0.102. The van der Waals surface area contributed by atoms with Gasteiger partial charge < -0.3 is 20.3 Å². The second kappa shape index (κ2) is 11.5. The van der Waals surface area contributed by atoms with Gasteiger partial charge in [0.2, 0.25) is 5.91 Å². The van der Waals surface area contributed by atoms with Crippen LogP contribution in [0.2, 0.25) is 0 Å². The van der Waals surface area contributed by atoms with Gasteiger partial charge in [0.05, 0.1) is 5.56 Å². The van der Waals surface area contributed by atoms with E-state index in [1.807, 2.05) is 43.3 Å². The molecule has 2 aromatic carbocycles. The molecule has 2 fully saturated rings. The molecule has 2 aromatic rings. The van der Waals surface area contributed by atoms with E-state index < -0.39 is 0 Å². The van der Waals surface area contributed by atoms with E-state index in [-0.39, 0.29) is 23.7 Å². The van der Waals surface area contributed by atoms with E-state index in [1.54, 1.807) is 0 Å². The first kappa shape index (κ1) is 24.3. The highest BCUT2D eigenvalue weighted by Crippen LogP contribution is 2.48. The molecule has 0 aromatic heterocycles. The number of nitrogens with one attached hydrogen (secondary N) is 2. The van der Waals surface area contributed by atoms with Crippen molar-refractivity contribution in [3.8, 4) is 0 Å². The number of amides is 2. The zero-order chi connectivity index (χ0) is 23.9. The lowest BCUT2D eigenvalue weighted by Crippen LogP contribution is -2.35. The molecule has 0 bridgehead atoms. The van der Waals surface area contributed by atoms with Gasteiger partial charge in [0.1, 0.15) is 0 Å². The quantitative estimate of drug-likeness (QED) is 0.496. The molecule has 182 valence electrons. The van der Waals surface area contributed by atoms with Crippen molar-refractivity contribution in [3.05, 3.63) is 59.7 Å². The van der Waals surface area contributed by atoms with Crippen molar-refractivity contribution in [1.29, 1.82) is 0 Å². The Morgan fingerprint density at radius 2 is 1.85 bits per heavy atom. The van der Waals surface area contributed by atoms with Gasteiger partial charge in [-0.05, 0) is 68.2 Å². The summed E-state index contributed by atoms with van der Waals surface area (Å²) in [5.41, 5.74) is 3.46. The maximum atomic E-state index is 13.1. The number of piperidine rings is 1. The highest BCUT2D eigenvalue weighted by Gasteiger charge is 2.43. The molecule has 6 heteroatoms. The van der Waals surface area contributed by atoms with Crippen molar-refractivity contribution >= 4 is 23.2 Å². The fraction of sp³-hybridized carbons (Fsp3) is 0.500. The predicted molar refractivity (Wildman–Crippen MR) is 136 cm³/mol. The molecule has 1 saturated heterocycles. The van der Waals surface area contributed by atoms with Crippen LogP contribution in [0.15, 0.2) is 48.5 Å². The van der Waals surface area contributed by atoms with Crippen LogP contribution in [-0.2, 0) is 9.53 Å². The van der Waals surface area contributed by atoms with E-state index in [2.05, 4.69) is 34.6 Å². The van der Waals surface area contributed by atoms with Gasteiger partial charge in [-0.1, -0.05) is 37.3 Å². The first-order chi connectivity index (χ1) is 16.6. The number of carbonyl (C=O) groups excluding carboxylic acids is 2. The summed E-state index contributed by atoms with van der Waals surface area (Å²) in [6.45, 7) is 8.01. The van der Waals surface area contributed by atoms with Crippen LogP contribution in [0.5, 0.6) is 0 Å². The molecule has 6 nitrogen and oxygen atoms in total. The third-order valence-electron chi connectivity index (χ3n) is 6.94. The SMILES string of the molecule is CCOCCCNC(=O)c1cc(NC(=O)C2CC2c2ccccc2)ccc1N1CCC(C)CC1. The largest absolute Gasteiger partial charge is 0.382 e. The molecule has 0 spiro atoms. The van der Waals surface area contributed by atoms with Gasteiger partial charge in [0, 0.05) is 50.1 Å². The van der Waals surface area contributed by atoms with E-state index in [9.17, 15) is 9.59 Å². The van der Waals surface area contributed by atoms with Crippen molar-refractivity contribution in [2.24, 2.45) is 11.8 Å². The lowest BCUT2D eigenvalue weighted by atomic mass is 9.97. The first-order valence-corrected chi connectivity index (χ1v) is 12.7. The smallest absolute Gasteiger partial charge is 0.253 e. The summed E-state index contributed by atoms with van der Waals surface area (Å²) in [6, 6.07) is 15.9. The molecule has 1 aliphatic heterocycles. The number of carbonyl (C=O) groups is 2. The Balaban J connectivity index is 1.44. The monoisotopic (exact) mass is 463 g/mol. The van der Waals surface area contributed by atoms with E-state index in [1.165, 1.54) is 5.56 Å². The number of hydrogen-bond acceptors (Lipinski definition) is 4. The standard InChI is InChI=1S/C28H37N3O3/c1-3-34-17-7-14-29-27(32)25-18-22(10-11-26(25)31-15-12-20(2)13-16-31)30-28(33)24-19-23(24)21-8-5-4-6-9-21/h4-6,8-11,18,20,23-24H,3,7,12-17,19H2,1-2H3,(H,29,32)(H,30,33). The summed E-state index contributed by atoms with van der Waals surface area (Å²) in [5.74, 6) is 0.901. The van der Waals surface area contributed by atoms with Crippen molar-refractivity contribution < 1.29 is 14.3 Å². The Morgan fingerprint density at radius 1 is 1.09 bits per heavy atom. The molecular weight excluding hydrogens is 426 g/mol. The van der Waals surface area contributed by atoms with E-state index in [4.69, 9.17) is 4.74 Å². The lowest BCUT2D eigenvalue weighted by molar-refractivity contribution is -0.117. The van der Waals surface area contributed by atoms with Gasteiger partial charge in [-0.3, -0.25) is 9.59 Å². The fourth-order valence-electron chi connectivity index (χ4n) is 4.72. The second-order valence-corrected chi connectivity index (χ2v) is 9.56. The van der Waals surface area contributed by atoms with Crippen LogP contribution in [0.1, 0.15) is 61.4 Å². The summed E-state index contributed by atoms with van der Waals surface area (Å²) in [6.07, 6.45) is 3.88. The van der Waals surface area contributed by atoms with Gasteiger partial charge >= 0.3 is 0 Å². The Morgan fingerprint density at radius 3 is 2.59 bits per heavy atom. The lowest BCUT2D eigenvalue weighted by Gasteiger charge is -2.33. The van der Waals surface area contributed by atoms with Crippen LogP contribution in [0.25, 0.3) is 0 Å². The molecule has 2 atom stereocenters. The van der Waals surface area contributed by atoms with Crippen LogP contribution < -0.4 is 15.5 Å². The molecule has 2 amide bonds. The van der Waals surface area contributed by atoms with Crippen LogP contribution in [0.3, 0.4) is 0 Å². The zero-order valence-electron chi connectivity index (χ0n) is 20.4. The number of rotatable bonds is 10. The molecule has 2 N–H and O–H groups in total. The molecule has 1 saturated carbocycles. The van der Waals surface area contributed by atoms with Crippen LogP contribution in [0, 0.1) is 11.8 Å². The van der Waals surface area contributed by atoms with Crippen molar-refractivity contribution in [2.75, 3.05) is 43.1 Å². The number of benzene rings is 2. The minimum absolute atomic E-state index is 0.0125. The third kappa shape index (κ3) is 6.17. The summed E-state index contributed by atoms with van der Waals surface area (Å²) in [5, 5.41) is 6.09. The number of anilines is 2. The molecule has 1 aliphatic carbocycles. The van der Waals surface area contributed by atoms with E-state index in [0.717, 1.165) is 44.5 Å². The van der Waals surface area contributed by atoms with Gasteiger partial charge in [0.25, 0.3) is 5.91 Å². The third-order valence-corrected chi connectivity index (χ3v) is 6.94. The minimum Gasteiger partial charge on any atom is -0.382 e. The van der Waals surface area contributed by atoms with Crippen molar-refractivity contribution in [1.82, 2.24) is 5.32 Å². The number of ether oxygens (including phenoxy) is 1. The Bertz CT molecular complexity index is 970. The van der Waals surface area contributed by atoms with Gasteiger partial charge in [0.15, 0.2) is 0 Å². The van der Waals surface area contributed by atoms with Gasteiger partial charge in [-0.25, -0.2) is 0 Å². The molecule has 1 heterocycles. The van der Waals surface area contributed by atoms with Crippen LogP contribution >= 0.6 is 0 Å². The van der Waals surface area contributed by atoms with Gasteiger partial charge in [-0.15, -0.1) is 0 Å². The van der Waals surface area contributed by atoms with Crippen LogP contribution in [0.4, 0.5) is 11.4 Å². The fourth-order valence-corrected chi connectivity index (χ4v) is 4.72. The number of hydrogen-bond donors (Lipinski definition) is 2. The second-order valence-electron chi connectivity index (χ2n) is 9.56. The molecule has 34 heavy (non-hydrogen) atoms. The van der Waals surface area contributed by atoms with E-state index in [0.29, 0.717) is 36.9 Å². The topological polar surface area (TPSA) is 70.7 Å². The molecule has 2 unspecified atom stereocenters. The summed E-state index contributed by atoms with van der Waals surface area (Å²) < 4.78 is 5.37. The summed E-state index contributed by atoms with van der Waals surface area (Å²) >= 11 is 0. The Hall–Kier alpha value is -2.86.